The number of ketones is 1. The molecule has 1 saturated carbocycles. The van der Waals surface area contributed by atoms with E-state index < -0.39 is 76.6 Å². The molecule has 6 rings (SSSR count). The Hall–Kier alpha value is -5.52. The van der Waals surface area contributed by atoms with E-state index in [-0.39, 0.29) is 103 Å². The molecule has 19 nitrogen and oxygen atoms in total. The third kappa shape index (κ3) is 17.0. The second kappa shape index (κ2) is 27.7. The van der Waals surface area contributed by atoms with Crippen LogP contribution in [-0.4, -0.2) is 150 Å². The number of thiazole rings is 2. The van der Waals surface area contributed by atoms with Gasteiger partial charge in [-0.15, -0.1) is 22.7 Å². The lowest BCUT2D eigenvalue weighted by atomic mass is 9.77. The van der Waals surface area contributed by atoms with Crippen LogP contribution in [0, 0.1) is 36.5 Å². The van der Waals surface area contributed by atoms with Crippen molar-refractivity contribution in [3.8, 4) is 20.9 Å². The summed E-state index contributed by atoms with van der Waals surface area (Å²) in [5, 5.41) is 32.6. The first kappa shape index (κ1) is 59.7. The van der Waals surface area contributed by atoms with Crippen molar-refractivity contribution in [3.63, 3.8) is 0 Å². The number of likely N-dealkylation sites (tertiary alicyclic amines) is 1. The van der Waals surface area contributed by atoms with Gasteiger partial charge in [0.25, 0.3) is 0 Å². The number of nitrogens with one attached hydrogen (secondary N) is 4. The van der Waals surface area contributed by atoms with Crippen molar-refractivity contribution in [2.75, 3.05) is 59.4 Å². The van der Waals surface area contributed by atoms with Crippen molar-refractivity contribution in [2.45, 2.75) is 118 Å². The van der Waals surface area contributed by atoms with Crippen LogP contribution in [0.1, 0.15) is 83.3 Å². The van der Waals surface area contributed by atoms with Gasteiger partial charge in [0.05, 0.1) is 96.0 Å². The molecule has 1 aliphatic heterocycles. The van der Waals surface area contributed by atoms with Crippen LogP contribution < -0.4 is 21.3 Å². The Kier molecular flexibility index (Phi) is 21.8. The van der Waals surface area contributed by atoms with Gasteiger partial charge in [-0.05, 0) is 59.8 Å². The second-order valence-electron chi connectivity index (χ2n) is 21.6. The molecular formula is C55H75N7O12S2. The van der Waals surface area contributed by atoms with Gasteiger partial charge < -0.3 is 55.3 Å². The van der Waals surface area contributed by atoms with Gasteiger partial charge in [-0.1, -0.05) is 90.1 Å². The lowest BCUT2D eigenvalue weighted by Gasteiger charge is -2.35. The minimum atomic E-state index is -1.00. The molecule has 2 aliphatic rings. The summed E-state index contributed by atoms with van der Waals surface area (Å²) in [5.41, 5.74) is 7.93. The largest absolute Gasteiger partial charge is 0.393 e. The molecule has 6 N–H and O–H groups in total. The highest BCUT2D eigenvalue weighted by molar-refractivity contribution is 7.13. The number of carbonyl (C=O) groups is 6. The molecule has 2 fully saturated rings. The van der Waals surface area contributed by atoms with Crippen LogP contribution in [0.5, 0.6) is 0 Å². The highest BCUT2D eigenvalue weighted by Crippen LogP contribution is 2.37. The summed E-state index contributed by atoms with van der Waals surface area (Å²) >= 11 is 3.12. The van der Waals surface area contributed by atoms with Crippen molar-refractivity contribution >= 4 is 58.0 Å². The molecule has 0 spiro atoms. The number of aliphatic hydroxyl groups excluding tert-OH is 2. The fourth-order valence-electron chi connectivity index (χ4n) is 9.29. The predicted molar refractivity (Wildman–Crippen MR) is 288 cm³/mol. The van der Waals surface area contributed by atoms with E-state index >= 15 is 0 Å². The molecule has 2 aromatic heterocycles. The van der Waals surface area contributed by atoms with Gasteiger partial charge in [0.2, 0.25) is 29.5 Å². The standard InChI is InChI=1S/C55H75N7O12S2/c1-33-47(75-31-58-33)37-13-9-35(10-14-37)26-56-51(68)42-24-39(63)23-41(42)46(67)49(54(3,4)5)60-44(65)29-73-21-19-71-17-18-72-20-22-74-30-45(66)61-50(55(6,7)8)53(70)62-28-40(64)25-43(62)52(69)57-27-36-11-15-38(16-12-36)48-34(2)59-32-76-48/h9-16,31-32,39-43,49-50,63-64H,17-30H2,1-8H3,(H,56,68)(H,57,69)(H,60,65)(H,61,66)/t39-,40+,41?,42+,43-,49?,50+/m0/s1. The molecule has 3 heterocycles. The first-order valence-corrected chi connectivity index (χ1v) is 27.5. The zero-order valence-corrected chi connectivity index (χ0v) is 46.5. The van der Waals surface area contributed by atoms with E-state index in [4.69, 9.17) is 18.9 Å². The molecule has 5 amide bonds. The van der Waals surface area contributed by atoms with Crippen LogP contribution in [0.15, 0.2) is 59.6 Å². The van der Waals surface area contributed by atoms with Gasteiger partial charge in [0, 0.05) is 32.0 Å². The molecule has 1 aliphatic carbocycles. The molecule has 7 atom stereocenters. The van der Waals surface area contributed by atoms with E-state index in [1.165, 1.54) is 4.90 Å². The number of aromatic nitrogens is 2. The molecular weight excluding hydrogens is 1010 g/mol. The Morgan fingerprint density at radius 3 is 1.49 bits per heavy atom. The Morgan fingerprint density at radius 1 is 0.605 bits per heavy atom. The average Bonchev–Trinajstić information content (AvgIpc) is 4.20. The number of aliphatic hydroxyl groups is 2. The van der Waals surface area contributed by atoms with Gasteiger partial charge in [-0.2, -0.15) is 0 Å². The molecule has 1 saturated heterocycles. The molecule has 414 valence electrons. The van der Waals surface area contributed by atoms with Gasteiger partial charge in [0.1, 0.15) is 25.3 Å². The van der Waals surface area contributed by atoms with E-state index in [1.54, 1.807) is 54.5 Å². The minimum absolute atomic E-state index is 0.0437. The third-order valence-electron chi connectivity index (χ3n) is 13.4. The number of ether oxygens (including phenoxy) is 4. The Morgan fingerprint density at radius 2 is 1.04 bits per heavy atom. The van der Waals surface area contributed by atoms with Crippen LogP contribution in [0.3, 0.4) is 0 Å². The number of benzene rings is 2. The number of hydrogen-bond acceptors (Lipinski definition) is 16. The lowest BCUT2D eigenvalue weighted by Crippen LogP contribution is -2.58. The molecule has 76 heavy (non-hydrogen) atoms. The number of β-amino-alcohol motifs (C(OH)–C–C–N with tert-alkyl or cyclic N) is 1. The summed E-state index contributed by atoms with van der Waals surface area (Å²) in [6.07, 6.45) is -1.38. The van der Waals surface area contributed by atoms with Gasteiger partial charge >= 0.3 is 0 Å². The normalized spacial score (nSPS) is 19.5. The van der Waals surface area contributed by atoms with Crippen LogP contribution >= 0.6 is 22.7 Å². The van der Waals surface area contributed by atoms with E-state index in [0.717, 1.165) is 43.4 Å². The van der Waals surface area contributed by atoms with Crippen molar-refractivity contribution in [3.05, 3.63) is 82.1 Å². The maximum Gasteiger partial charge on any atom is 0.246 e. The van der Waals surface area contributed by atoms with E-state index in [2.05, 4.69) is 31.2 Å². The van der Waals surface area contributed by atoms with Crippen LogP contribution in [0.25, 0.3) is 20.9 Å². The molecule has 2 unspecified atom stereocenters. The van der Waals surface area contributed by atoms with Crippen molar-refractivity contribution in [1.82, 2.24) is 36.1 Å². The smallest absolute Gasteiger partial charge is 0.246 e. The van der Waals surface area contributed by atoms with E-state index in [0.29, 0.717) is 0 Å². The monoisotopic (exact) mass is 1090 g/mol. The highest BCUT2D eigenvalue weighted by atomic mass is 32.1. The maximum absolute atomic E-state index is 14.0. The Balaban J connectivity index is 0.832. The van der Waals surface area contributed by atoms with Crippen LogP contribution in [-0.2, 0) is 60.8 Å². The van der Waals surface area contributed by atoms with Crippen molar-refractivity contribution in [1.29, 1.82) is 0 Å². The van der Waals surface area contributed by atoms with Gasteiger partial charge in [-0.25, -0.2) is 9.97 Å². The van der Waals surface area contributed by atoms with E-state index in [1.807, 2.05) is 83.1 Å². The van der Waals surface area contributed by atoms with Crippen molar-refractivity contribution < 1.29 is 57.9 Å². The number of Topliss-reactive ketones (excluding diaryl/α,β-unsaturated/α-hetero) is 1. The topological polar surface area (TPSA) is 257 Å². The number of aryl methyl sites for hydroxylation is 2. The first-order valence-electron chi connectivity index (χ1n) is 25.7. The molecule has 4 aromatic rings. The summed E-state index contributed by atoms with van der Waals surface area (Å²) < 4.78 is 22.2. The van der Waals surface area contributed by atoms with Gasteiger partial charge in [-0.3, -0.25) is 28.8 Å². The summed E-state index contributed by atoms with van der Waals surface area (Å²) in [5.74, 6) is -4.06. The molecule has 21 heteroatoms. The van der Waals surface area contributed by atoms with Gasteiger partial charge in [0.15, 0.2) is 5.78 Å². The predicted octanol–water partition coefficient (Wildman–Crippen LogP) is 4.53. The fourth-order valence-corrected chi connectivity index (χ4v) is 10.9. The van der Waals surface area contributed by atoms with Crippen LogP contribution in [0.4, 0.5) is 0 Å². The number of hydrogen-bond donors (Lipinski definition) is 6. The highest BCUT2D eigenvalue weighted by Gasteiger charge is 2.47. The van der Waals surface area contributed by atoms with Crippen molar-refractivity contribution in [2.24, 2.45) is 22.7 Å². The first-order chi connectivity index (χ1) is 36.1. The molecule has 0 bridgehead atoms. The summed E-state index contributed by atoms with van der Waals surface area (Å²) in [6.45, 7) is 15.6. The van der Waals surface area contributed by atoms with E-state index in [9.17, 15) is 39.0 Å². The number of nitrogens with zero attached hydrogens (tertiary/aromatic N) is 3. The number of carbonyl (C=O) groups excluding carboxylic acids is 6. The quantitative estimate of drug-likeness (QED) is 0.0473. The van der Waals surface area contributed by atoms with Crippen LogP contribution in [0.2, 0.25) is 0 Å². The zero-order chi connectivity index (χ0) is 55.2. The number of rotatable bonds is 26. The SMILES string of the molecule is Cc1ncsc1-c1ccc(CNC(=O)[C@@H]2C[C@@H](O)CC2C(=O)C(NC(=O)COCCOCCOCCOCC(=O)N[C@H](C(=O)N2C[C@H](O)C[C@H]2C(=O)NCc2ccc(-c3scnc3C)cc2)C(C)(C)C)C(C)(C)C)cc1. The number of amides is 5. The summed E-state index contributed by atoms with van der Waals surface area (Å²) in [4.78, 5) is 93.1. The maximum atomic E-state index is 14.0. The summed E-state index contributed by atoms with van der Waals surface area (Å²) in [7, 11) is 0. The summed E-state index contributed by atoms with van der Waals surface area (Å²) in [6, 6.07) is 12.8. The Bertz CT molecular complexity index is 2400. The Labute approximate surface area is 453 Å². The molecule has 2 aromatic carbocycles. The average molecular weight is 1090 g/mol. The third-order valence-corrected chi connectivity index (χ3v) is 15.4. The zero-order valence-electron chi connectivity index (χ0n) is 44.8. The molecule has 0 radical (unpaired) electrons. The minimum Gasteiger partial charge on any atom is -0.393 e. The second-order valence-corrected chi connectivity index (χ2v) is 23.3. The fraction of sp³-hybridized carbons (Fsp3) is 0.564. The lowest BCUT2D eigenvalue weighted by molar-refractivity contribution is -0.144.